The molecule has 2 nitrogen and oxygen atoms in total. The molecule has 0 spiro atoms. The number of nitrogens with zero attached hydrogens (tertiary/aromatic N) is 1. The van der Waals surface area contributed by atoms with Gasteiger partial charge in [0, 0.05) is 34.4 Å². The Morgan fingerprint density at radius 1 is 0.491 bits per heavy atom. The number of ether oxygens (including phenoxy) is 1. The summed E-state index contributed by atoms with van der Waals surface area (Å²) in [6.07, 6.45) is 0.882. The van der Waals surface area contributed by atoms with Gasteiger partial charge in [-0.3, -0.25) is 0 Å². The SMILES string of the molecule is Cc1ccccc1-c1cc(-c2ccc3c(c2)c2ccccc2n3-c2ccccc2)ccc1C(C)c1ccc2c(c1)OCCc1cc(-c3ccccc3)ccc1-2. The van der Waals surface area contributed by atoms with E-state index in [1.807, 2.05) is 0 Å². The number of benzene rings is 8. The number of rotatable bonds is 6. The monoisotopic (exact) mass is 707 g/mol. The first-order valence-corrected chi connectivity index (χ1v) is 19.4. The summed E-state index contributed by atoms with van der Waals surface area (Å²) in [6, 6.07) is 66.6. The molecule has 0 aliphatic carbocycles. The van der Waals surface area contributed by atoms with Crippen LogP contribution in [-0.4, -0.2) is 11.2 Å². The summed E-state index contributed by atoms with van der Waals surface area (Å²) >= 11 is 0. The second-order valence-corrected chi connectivity index (χ2v) is 14.9. The Morgan fingerprint density at radius 2 is 1.16 bits per heavy atom. The fraction of sp³-hybridized carbons (Fsp3) is 0.0943. The zero-order chi connectivity index (χ0) is 36.9. The molecule has 1 atom stereocenters. The molecule has 0 saturated carbocycles. The van der Waals surface area contributed by atoms with Gasteiger partial charge in [0.2, 0.25) is 0 Å². The number of fused-ring (bicyclic) bond motifs is 6. The fourth-order valence-electron chi connectivity index (χ4n) is 8.70. The Balaban J connectivity index is 1.05. The molecule has 9 aromatic rings. The molecule has 1 unspecified atom stereocenters. The Morgan fingerprint density at radius 3 is 2.02 bits per heavy atom. The molecular weight excluding hydrogens is 667 g/mol. The maximum absolute atomic E-state index is 6.51. The summed E-state index contributed by atoms with van der Waals surface area (Å²) in [7, 11) is 0. The summed E-state index contributed by atoms with van der Waals surface area (Å²) in [5, 5.41) is 2.52. The van der Waals surface area contributed by atoms with E-state index in [0.29, 0.717) is 6.61 Å². The average Bonchev–Trinajstić information content (AvgIpc) is 3.46. The highest BCUT2D eigenvalue weighted by atomic mass is 16.5. The summed E-state index contributed by atoms with van der Waals surface area (Å²) in [5.74, 6) is 1.11. The van der Waals surface area contributed by atoms with Gasteiger partial charge in [0.1, 0.15) is 5.75 Å². The van der Waals surface area contributed by atoms with E-state index in [-0.39, 0.29) is 5.92 Å². The van der Waals surface area contributed by atoms with Crippen LogP contribution < -0.4 is 4.74 Å². The van der Waals surface area contributed by atoms with Crippen molar-refractivity contribution in [1.29, 1.82) is 0 Å². The standard InChI is InChI=1S/C53H41NO/c1-35-13-9-10-18-44(35)49-32-40(41-24-28-52-50(33-41)47-19-11-12-20-51(47)54(52)43-16-7-4-8-17-43)22-25-45(49)36(2)38-21-27-48-46-26-23-39(37-14-5-3-6-15-37)31-42(46)29-30-55-53(48)34-38/h3-28,31-34,36H,29-30H2,1-2H3. The van der Waals surface area contributed by atoms with Gasteiger partial charge in [0.15, 0.2) is 0 Å². The first kappa shape index (κ1) is 33.0. The van der Waals surface area contributed by atoms with Crippen molar-refractivity contribution in [3.8, 4) is 55.9 Å². The molecule has 55 heavy (non-hydrogen) atoms. The lowest BCUT2D eigenvalue weighted by molar-refractivity contribution is 0.326. The van der Waals surface area contributed by atoms with Crippen molar-refractivity contribution in [2.24, 2.45) is 0 Å². The average molecular weight is 708 g/mol. The Kier molecular flexibility index (Phi) is 8.18. The second-order valence-electron chi connectivity index (χ2n) is 14.9. The van der Waals surface area contributed by atoms with Crippen LogP contribution in [0.4, 0.5) is 0 Å². The van der Waals surface area contributed by atoms with Crippen molar-refractivity contribution in [3.05, 3.63) is 204 Å². The van der Waals surface area contributed by atoms with Gasteiger partial charge >= 0.3 is 0 Å². The van der Waals surface area contributed by atoms with E-state index in [4.69, 9.17) is 4.74 Å². The molecule has 1 aliphatic heterocycles. The van der Waals surface area contributed by atoms with Crippen molar-refractivity contribution in [2.75, 3.05) is 6.61 Å². The number of aryl methyl sites for hydroxylation is 1. The van der Waals surface area contributed by atoms with Gasteiger partial charge in [-0.25, -0.2) is 0 Å². The maximum Gasteiger partial charge on any atom is 0.127 e. The lowest BCUT2D eigenvalue weighted by atomic mass is 9.83. The van der Waals surface area contributed by atoms with Crippen LogP contribution in [0.1, 0.15) is 35.1 Å². The van der Waals surface area contributed by atoms with E-state index in [1.54, 1.807) is 0 Å². The molecule has 2 heteroatoms. The minimum atomic E-state index is 0.145. The van der Waals surface area contributed by atoms with Gasteiger partial charge < -0.3 is 9.30 Å². The molecule has 0 radical (unpaired) electrons. The molecule has 8 aromatic carbocycles. The summed E-state index contributed by atoms with van der Waals surface area (Å²) in [5.41, 5.74) is 18.6. The van der Waals surface area contributed by atoms with E-state index in [9.17, 15) is 0 Å². The number of hydrogen-bond donors (Lipinski definition) is 0. The fourth-order valence-corrected chi connectivity index (χ4v) is 8.70. The van der Waals surface area contributed by atoms with Gasteiger partial charge in [-0.2, -0.15) is 0 Å². The molecule has 1 aromatic heterocycles. The summed E-state index contributed by atoms with van der Waals surface area (Å²) in [6.45, 7) is 5.21. The molecular formula is C53H41NO. The smallest absolute Gasteiger partial charge is 0.127 e. The molecule has 0 saturated heterocycles. The summed E-state index contributed by atoms with van der Waals surface area (Å²) in [4.78, 5) is 0. The van der Waals surface area contributed by atoms with E-state index in [2.05, 4.69) is 200 Å². The minimum Gasteiger partial charge on any atom is -0.493 e. The molecule has 1 aliphatic rings. The van der Waals surface area contributed by atoms with Gasteiger partial charge in [-0.15, -0.1) is 0 Å². The maximum atomic E-state index is 6.51. The normalized spacial score (nSPS) is 12.8. The number of aromatic nitrogens is 1. The highest BCUT2D eigenvalue weighted by Gasteiger charge is 2.22. The summed E-state index contributed by atoms with van der Waals surface area (Å²) < 4.78 is 8.89. The first-order valence-electron chi connectivity index (χ1n) is 19.4. The third-order valence-corrected chi connectivity index (χ3v) is 11.6. The van der Waals surface area contributed by atoms with Gasteiger partial charge in [0.25, 0.3) is 0 Å². The molecule has 0 fully saturated rings. The minimum absolute atomic E-state index is 0.145. The lowest BCUT2D eigenvalue weighted by Gasteiger charge is -2.21. The Bertz CT molecular complexity index is 2860. The van der Waals surface area contributed by atoms with Gasteiger partial charge in [0.05, 0.1) is 17.6 Å². The van der Waals surface area contributed by atoms with Crippen molar-refractivity contribution in [1.82, 2.24) is 4.57 Å². The van der Waals surface area contributed by atoms with Gasteiger partial charge in [-0.05, 0) is 111 Å². The lowest BCUT2D eigenvalue weighted by Crippen LogP contribution is -2.02. The Labute approximate surface area is 322 Å². The van der Waals surface area contributed by atoms with Crippen LogP contribution in [0.2, 0.25) is 0 Å². The Hall–Kier alpha value is -6.64. The largest absolute Gasteiger partial charge is 0.493 e. The van der Waals surface area contributed by atoms with Crippen LogP contribution in [0.3, 0.4) is 0 Å². The molecule has 0 amide bonds. The molecule has 2 heterocycles. The van der Waals surface area contributed by atoms with Crippen LogP contribution in [-0.2, 0) is 6.42 Å². The van der Waals surface area contributed by atoms with Crippen LogP contribution in [0.15, 0.2) is 182 Å². The third-order valence-electron chi connectivity index (χ3n) is 11.6. The van der Waals surface area contributed by atoms with Crippen LogP contribution >= 0.6 is 0 Å². The highest BCUT2D eigenvalue weighted by Crippen LogP contribution is 2.43. The zero-order valence-corrected chi connectivity index (χ0v) is 31.2. The highest BCUT2D eigenvalue weighted by molar-refractivity contribution is 6.10. The quantitative estimate of drug-likeness (QED) is 0.168. The predicted octanol–water partition coefficient (Wildman–Crippen LogP) is 13.8. The van der Waals surface area contributed by atoms with Crippen molar-refractivity contribution < 1.29 is 4.74 Å². The first-order chi connectivity index (χ1) is 27.1. The van der Waals surface area contributed by atoms with Crippen LogP contribution in [0, 0.1) is 6.92 Å². The van der Waals surface area contributed by atoms with Crippen molar-refractivity contribution >= 4 is 21.8 Å². The van der Waals surface area contributed by atoms with E-state index in [0.717, 1.165) is 12.2 Å². The molecule has 0 bridgehead atoms. The van der Waals surface area contributed by atoms with E-state index < -0.39 is 0 Å². The van der Waals surface area contributed by atoms with Gasteiger partial charge in [-0.1, -0.05) is 146 Å². The second kappa shape index (κ2) is 13.6. The zero-order valence-electron chi connectivity index (χ0n) is 31.2. The predicted molar refractivity (Wildman–Crippen MR) is 230 cm³/mol. The molecule has 0 N–H and O–H groups in total. The van der Waals surface area contributed by atoms with E-state index >= 15 is 0 Å². The van der Waals surface area contributed by atoms with Crippen LogP contribution in [0.5, 0.6) is 5.75 Å². The van der Waals surface area contributed by atoms with Crippen LogP contribution in [0.25, 0.3) is 72.0 Å². The molecule has 10 rings (SSSR count). The van der Waals surface area contributed by atoms with E-state index in [1.165, 1.54) is 94.3 Å². The number of para-hydroxylation sites is 2. The molecule has 264 valence electrons. The van der Waals surface area contributed by atoms with Crippen molar-refractivity contribution in [2.45, 2.75) is 26.2 Å². The third kappa shape index (κ3) is 5.82. The van der Waals surface area contributed by atoms with Crippen molar-refractivity contribution in [3.63, 3.8) is 0 Å². The topological polar surface area (TPSA) is 14.2 Å². The number of hydrogen-bond acceptors (Lipinski definition) is 1.